The molecule has 2 aromatic carbocycles. The minimum atomic E-state index is -0.384. The molecule has 0 aliphatic heterocycles. The highest BCUT2D eigenvalue weighted by Gasteiger charge is 2.33. The van der Waals surface area contributed by atoms with Crippen molar-refractivity contribution in [3.8, 4) is 0 Å². The lowest BCUT2D eigenvalue weighted by Crippen LogP contribution is -2.17. The minimum absolute atomic E-state index is 0.00264. The Morgan fingerprint density at radius 2 is 2.09 bits per heavy atom. The molecular weight excluding hydrogens is 292 g/mol. The molecule has 1 unspecified atom stereocenters. The van der Waals surface area contributed by atoms with Gasteiger partial charge in [0.1, 0.15) is 11.6 Å². The van der Waals surface area contributed by atoms with Crippen LogP contribution < -0.4 is 5.32 Å². The lowest BCUT2D eigenvalue weighted by Gasteiger charge is -2.08. The molecule has 3 aromatic rings. The van der Waals surface area contributed by atoms with E-state index in [4.69, 9.17) is 0 Å². The normalized spacial score (nSPS) is 16.6. The monoisotopic (exact) mass is 306 g/mol. The van der Waals surface area contributed by atoms with Crippen LogP contribution in [0.5, 0.6) is 0 Å². The molecule has 0 spiro atoms. The summed E-state index contributed by atoms with van der Waals surface area (Å²) in [6, 6.07) is 12.6. The molecule has 1 heterocycles. The number of carbonyl (C=O) groups excluding carboxylic acids is 2. The van der Waals surface area contributed by atoms with Gasteiger partial charge in [0.2, 0.25) is 5.91 Å². The van der Waals surface area contributed by atoms with Gasteiger partial charge in [-0.15, -0.1) is 5.10 Å². The molecule has 1 amide bonds. The quantitative estimate of drug-likeness (QED) is 0.788. The molecule has 1 aliphatic carbocycles. The maximum Gasteiger partial charge on any atom is 0.221 e. The first-order valence-electron chi connectivity index (χ1n) is 7.38. The molecule has 0 saturated carbocycles. The van der Waals surface area contributed by atoms with Crippen LogP contribution in [-0.2, 0) is 11.2 Å². The summed E-state index contributed by atoms with van der Waals surface area (Å²) in [5.41, 5.74) is 3.86. The Morgan fingerprint density at radius 3 is 2.91 bits per heavy atom. The van der Waals surface area contributed by atoms with Gasteiger partial charge in [-0.25, -0.2) is 4.68 Å². The second kappa shape index (κ2) is 5.01. The molecule has 6 nitrogen and oxygen atoms in total. The van der Waals surface area contributed by atoms with Crippen molar-refractivity contribution in [3.05, 3.63) is 53.6 Å². The van der Waals surface area contributed by atoms with E-state index >= 15 is 0 Å². The van der Waals surface area contributed by atoms with Gasteiger partial charge in [-0.3, -0.25) is 9.59 Å². The highest BCUT2D eigenvalue weighted by atomic mass is 16.1. The third-order valence-electron chi connectivity index (χ3n) is 4.08. The van der Waals surface area contributed by atoms with E-state index in [1.54, 1.807) is 10.7 Å². The van der Waals surface area contributed by atoms with Crippen LogP contribution in [0.2, 0.25) is 0 Å². The number of nitrogens with one attached hydrogen (secondary N) is 1. The van der Waals surface area contributed by atoms with Crippen LogP contribution in [0.3, 0.4) is 0 Å². The molecule has 0 radical (unpaired) electrons. The molecule has 4 rings (SSSR count). The molecule has 0 fully saturated rings. The fourth-order valence-electron chi connectivity index (χ4n) is 3.06. The second-order valence-corrected chi connectivity index (χ2v) is 5.66. The number of fused-ring (bicyclic) bond motifs is 2. The molecule has 0 bridgehead atoms. The van der Waals surface area contributed by atoms with Crippen molar-refractivity contribution in [3.63, 3.8) is 0 Å². The zero-order chi connectivity index (χ0) is 16.0. The number of nitrogens with zero attached hydrogens (tertiary/aromatic N) is 3. The Balaban J connectivity index is 1.73. The Bertz CT molecular complexity index is 945. The third kappa shape index (κ3) is 2.19. The average molecular weight is 306 g/mol. The number of hydrogen-bond donors (Lipinski definition) is 1. The van der Waals surface area contributed by atoms with Gasteiger partial charge in [-0.05, 0) is 29.8 Å². The summed E-state index contributed by atoms with van der Waals surface area (Å²) in [5, 5.41) is 11.0. The number of aromatic nitrogens is 3. The van der Waals surface area contributed by atoms with E-state index in [1.807, 2.05) is 36.4 Å². The van der Waals surface area contributed by atoms with Gasteiger partial charge in [-0.2, -0.15) is 0 Å². The predicted octanol–water partition coefficient (Wildman–Crippen LogP) is 2.37. The number of carbonyl (C=O) groups is 2. The number of amides is 1. The molecule has 6 heteroatoms. The first-order chi connectivity index (χ1) is 11.1. The highest BCUT2D eigenvalue weighted by molar-refractivity contribution is 6.05. The topological polar surface area (TPSA) is 76.9 Å². The Labute approximate surface area is 132 Å². The number of ketones is 1. The van der Waals surface area contributed by atoms with Crippen molar-refractivity contribution < 1.29 is 9.59 Å². The smallest absolute Gasteiger partial charge is 0.221 e. The maximum atomic E-state index is 12.8. The van der Waals surface area contributed by atoms with Gasteiger partial charge in [0.25, 0.3) is 0 Å². The van der Waals surface area contributed by atoms with E-state index in [9.17, 15) is 9.59 Å². The fraction of sp³-hybridized carbons (Fsp3) is 0.176. The summed E-state index contributed by atoms with van der Waals surface area (Å²) in [6.45, 7) is 1.44. The van der Waals surface area contributed by atoms with Crippen molar-refractivity contribution >= 4 is 28.4 Å². The van der Waals surface area contributed by atoms with Crippen LogP contribution in [0.15, 0.2) is 42.5 Å². The lowest BCUT2D eigenvalue weighted by molar-refractivity contribution is -0.114. The SMILES string of the molecule is CC(=O)Nc1ccc2c(c1)C(=O)C(n1nnc3ccccc31)C2. The summed E-state index contributed by atoms with van der Waals surface area (Å²) in [6.07, 6.45) is 0.585. The van der Waals surface area contributed by atoms with Crippen LogP contribution in [0.25, 0.3) is 11.0 Å². The lowest BCUT2D eigenvalue weighted by atomic mass is 10.1. The molecular formula is C17H14N4O2. The van der Waals surface area contributed by atoms with Gasteiger partial charge in [-0.1, -0.05) is 23.4 Å². The van der Waals surface area contributed by atoms with Gasteiger partial charge < -0.3 is 5.32 Å². The first-order valence-corrected chi connectivity index (χ1v) is 7.38. The van der Waals surface area contributed by atoms with E-state index in [0.717, 1.165) is 16.6 Å². The molecule has 1 aromatic heterocycles. The first kappa shape index (κ1) is 13.6. The van der Waals surface area contributed by atoms with Gasteiger partial charge in [0, 0.05) is 24.6 Å². The number of anilines is 1. The molecule has 1 aliphatic rings. The average Bonchev–Trinajstić information content (AvgIpc) is 3.09. The Kier molecular flexibility index (Phi) is 2.97. The number of Topliss-reactive ketones (excluding diaryl/α,β-unsaturated/α-hetero) is 1. The third-order valence-corrected chi connectivity index (χ3v) is 4.08. The Morgan fingerprint density at radius 1 is 1.26 bits per heavy atom. The van der Waals surface area contributed by atoms with E-state index in [2.05, 4.69) is 15.6 Å². The predicted molar refractivity (Wildman–Crippen MR) is 85.3 cm³/mol. The van der Waals surface area contributed by atoms with Gasteiger partial charge >= 0.3 is 0 Å². The van der Waals surface area contributed by atoms with Crippen molar-refractivity contribution in [1.29, 1.82) is 0 Å². The van der Waals surface area contributed by atoms with Gasteiger partial charge in [0.05, 0.1) is 5.52 Å². The molecule has 0 saturated heterocycles. The van der Waals surface area contributed by atoms with Crippen LogP contribution in [0.4, 0.5) is 5.69 Å². The zero-order valence-corrected chi connectivity index (χ0v) is 12.5. The van der Waals surface area contributed by atoms with E-state index in [-0.39, 0.29) is 17.7 Å². The zero-order valence-electron chi connectivity index (χ0n) is 12.5. The van der Waals surface area contributed by atoms with Crippen LogP contribution >= 0.6 is 0 Å². The summed E-state index contributed by atoms with van der Waals surface area (Å²) < 4.78 is 1.69. The van der Waals surface area contributed by atoms with E-state index < -0.39 is 0 Å². The summed E-state index contributed by atoms with van der Waals surface area (Å²) in [4.78, 5) is 23.9. The molecule has 114 valence electrons. The van der Waals surface area contributed by atoms with Crippen LogP contribution in [0.1, 0.15) is 28.9 Å². The van der Waals surface area contributed by atoms with Crippen molar-refractivity contribution in [2.45, 2.75) is 19.4 Å². The standard InChI is InChI=1S/C17H14N4O2/c1-10(22)18-12-7-6-11-8-16(17(23)13(11)9-12)21-15-5-3-2-4-14(15)19-20-21/h2-7,9,16H,8H2,1H3,(H,18,22). The highest BCUT2D eigenvalue weighted by Crippen LogP contribution is 2.33. The van der Waals surface area contributed by atoms with Crippen LogP contribution in [0, 0.1) is 0 Å². The van der Waals surface area contributed by atoms with Gasteiger partial charge in [0.15, 0.2) is 5.78 Å². The summed E-state index contributed by atoms with van der Waals surface area (Å²) >= 11 is 0. The van der Waals surface area contributed by atoms with E-state index in [0.29, 0.717) is 17.7 Å². The number of rotatable bonds is 2. The fourth-order valence-corrected chi connectivity index (χ4v) is 3.06. The molecule has 23 heavy (non-hydrogen) atoms. The van der Waals surface area contributed by atoms with Crippen molar-refractivity contribution in [2.75, 3.05) is 5.32 Å². The molecule has 1 N–H and O–H groups in total. The number of para-hydroxylation sites is 1. The largest absolute Gasteiger partial charge is 0.326 e. The summed E-state index contributed by atoms with van der Waals surface area (Å²) in [5.74, 6) is -0.155. The number of hydrogen-bond acceptors (Lipinski definition) is 4. The summed E-state index contributed by atoms with van der Waals surface area (Å²) in [7, 11) is 0. The second-order valence-electron chi connectivity index (χ2n) is 5.66. The maximum absolute atomic E-state index is 12.8. The van der Waals surface area contributed by atoms with Crippen LogP contribution in [-0.4, -0.2) is 26.7 Å². The minimum Gasteiger partial charge on any atom is -0.326 e. The Hall–Kier alpha value is -3.02. The van der Waals surface area contributed by atoms with E-state index in [1.165, 1.54) is 6.92 Å². The van der Waals surface area contributed by atoms with Crippen molar-refractivity contribution in [1.82, 2.24) is 15.0 Å². The van der Waals surface area contributed by atoms with Crippen molar-refractivity contribution in [2.24, 2.45) is 0 Å². The molecule has 1 atom stereocenters. The number of benzene rings is 2.